The van der Waals surface area contributed by atoms with E-state index in [2.05, 4.69) is 4.98 Å². The van der Waals surface area contributed by atoms with Gasteiger partial charge in [0.15, 0.2) is 0 Å². The predicted octanol–water partition coefficient (Wildman–Crippen LogP) is 1.69. The minimum absolute atomic E-state index is 0.229. The summed E-state index contributed by atoms with van der Waals surface area (Å²) >= 11 is 0. The van der Waals surface area contributed by atoms with Gasteiger partial charge in [-0.1, -0.05) is 12.1 Å². The first kappa shape index (κ1) is 9.86. The molecular formula is C11H11FN2O. The second kappa shape index (κ2) is 3.47. The normalized spacial score (nSPS) is 13.0. The maximum Gasteiger partial charge on any atom is 0.253 e. The number of fused-ring (bicyclic) bond motifs is 1. The number of halogens is 1. The molecule has 0 aliphatic heterocycles. The first-order chi connectivity index (χ1) is 7.09. The zero-order valence-electron chi connectivity index (χ0n) is 8.25. The van der Waals surface area contributed by atoms with Gasteiger partial charge in [-0.25, -0.2) is 4.39 Å². The van der Waals surface area contributed by atoms with Crippen molar-refractivity contribution in [2.24, 2.45) is 5.73 Å². The van der Waals surface area contributed by atoms with Crippen molar-refractivity contribution < 1.29 is 4.39 Å². The first-order valence-electron chi connectivity index (χ1n) is 4.66. The first-order valence-corrected chi connectivity index (χ1v) is 4.66. The molecule has 2 rings (SSSR count). The Morgan fingerprint density at radius 1 is 1.47 bits per heavy atom. The molecule has 0 bridgehead atoms. The minimum Gasteiger partial charge on any atom is -0.324 e. The van der Waals surface area contributed by atoms with Crippen molar-refractivity contribution in [3.05, 3.63) is 46.0 Å². The van der Waals surface area contributed by atoms with E-state index < -0.39 is 5.82 Å². The standard InChI is InChI=1S/C11H11FN2O/c1-6(13)8-5-7-3-2-4-9(12)10(7)14-11(8)15/h2-6H,13H2,1H3,(H,14,15). The van der Waals surface area contributed by atoms with Gasteiger partial charge in [-0.05, 0) is 19.1 Å². The fraction of sp³-hybridized carbons (Fsp3) is 0.182. The fourth-order valence-corrected chi connectivity index (χ4v) is 1.55. The molecule has 0 fully saturated rings. The van der Waals surface area contributed by atoms with Crippen LogP contribution >= 0.6 is 0 Å². The monoisotopic (exact) mass is 206 g/mol. The lowest BCUT2D eigenvalue weighted by molar-refractivity contribution is 0.636. The van der Waals surface area contributed by atoms with Gasteiger partial charge < -0.3 is 10.7 Å². The van der Waals surface area contributed by atoms with Crippen LogP contribution in [0.4, 0.5) is 4.39 Å². The summed E-state index contributed by atoms with van der Waals surface area (Å²) < 4.78 is 13.3. The SMILES string of the molecule is CC(N)c1cc2cccc(F)c2[nH]c1=O. The van der Waals surface area contributed by atoms with Crippen molar-refractivity contribution in [1.29, 1.82) is 0 Å². The van der Waals surface area contributed by atoms with E-state index in [9.17, 15) is 9.18 Å². The third kappa shape index (κ3) is 1.64. The minimum atomic E-state index is -0.430. The number of aromatic amines is 1. The highest BCUT2D eigenvalue weighted by Gasteiger charge is 2.08. The van der Waals surface area contributed by atoms with Crippen LogP contribution in [0.2, 0.25) is 0 Å². The quantitative estimate of drug-likeness (QED) is 0.745. The number of nitrogens with two attached hydrogens (primary N) is 1. The Kier molecular flexibility index (Phi) is 2.28. The Morgan fingerprint density at radius 2 is 2.20 bits per heavy atom. The van der Waals surface area contributed by atoms with Crippen LogP contribution in [0.15, 0.2) is 29.1 Å². The van der Waals surface area contributed by atoms with E-state index in [1.165, 1.54) is 6.07 Å². The highest BCUT2D eigenvalue weighted by Crippen LogP contribution is 2.16. The third-order valence-electron chi connectivity index (χ3n) is 2.35. The number of aromatic nitrogens is 1. The van der Waals surface area contributed by atoms with Crippen LogP contribution in [0.1, 0.15) is 18.5 Å². The van der Waals surface area contributed by atoms with Crippen LogP contribution in [0.5, 0.6) is 0 Å². The maximum absolute atomic E-state index is 13.3. The number of para-hydroxylation sites is 1. The van der Waals surface area contributed by atoms with Gasteiger partial charge in [0.2, 0.25) is 0 Å². The molecule has 1 aromatic carbocycles. The molecule has 15 heavy (non-hydrogen) atoms. The van der Waals surface area contributed by atoms with Gasteiger partial charge in [0.25, 0.3) is 5.56 Å². The summed E-state index contributed by atoms with van der Waals surface area (Å²) in [6.07, 6.45) is 0. The summed E-state index contributed by atoms with van der Waals surface area (Å²) in [5.74, 6) is -0.430. The molecule has 0 saturated carbocycles. The lowest BCUT2D eigenvalue weighted by Gasteiger charge is -2.06. The van der Waals surface area contributed by atoms with Crippen LogP contribution in [0, 0.1) is 5.82 Å². The molecule has 1 unspecified atom stereocenters. The van der Waals surface area contributed by atoms with Crippen molar-refractivity contribution in [2.75, 3.05) is 0 Å². The van der Waals surface area contributed by atoms with Crippen LogP contribution < -0.4 is 11.3 Å². The third-order valence-corrected chi connectivity index (χ3v) is 2.35. The highest BCUT2D eigenvalue weighted by molar-refractivity contribution is 5.79. The van der Waals surface area contributed by atoms with E-state index in [1.54, 1.807) is 25.1 Å². The molecular weight excluding hydrogens is 195 g/mol. The number of nitrogens with one attached hydrogen (secondary N) is 1. The summed E-state index contributed by atoms with van der Waals surface area (Å²) in [6.45, 7) is 1.72. The van der Waals surface area contributed by atoms with Gasteiger partial charge in [-0.2, -0.15) is 0 Å². The molecule has 0 radical (unpaired) electrons. The van der Waals surface area contributed by atoms with Crippen LogP contribution in [0.25, 0.3) is 10.9 Å². The Hall–Kier alpha value is -1.68. The van der Waals surface area contributed by atoms with Gasteiger partial charge >= 0.3 is 0 Å². The second-order valence-electron chi connectivity index (χ2n) is 3.55. The summed E-state index contributed by atoms with van der Waals surface area (Å²) in [6, 6.07) is 5.91. The number of hydrogen-bond donors (Lipinski definition) is 2. The lowest BCUT2D eigenvalue weighted by atomic mass is 10.1. The van der Waals surface area contributed by atoms with Gasteiger partial charge in [-0.15, -0.1) is 0 Å². The number of H-pyrrole nitrogens is 1. The zero-order valence-corrected chi connectivity index (χ0v) is 8.25. The zero-order chi connectivity index (χ0) is 11.0. The molecule has 1 atom stereocenters. The molecule has 4 heteroatoms. The van der Waals surface area contributed by atoms with E-state index in [0.29, 0.717) is 10.9 Å². The molecule has 0 aliphatic rings. The lowest BCUT2D eigenvalue weighted by Crippen LogP contribution is -2.19. The number of rotatable bonds is 1. The van der Waals surface area contributed by atoms with E-state index in [0.717, 1.165) is 0 Å². The Balaban J connectivity index is 2.82. The van der Waals surface area contributed by atoms with Crippen LogP contribution in [0.3, 0.4) is 0 Å². The molecule has 2 aromatic rings. The van der Waals surface area contributed by atoms with E-state index in [1.807, 2.05) is 0 Å². The van der Waals surface area contributed by atoms with E-state index in [4.69, 9.17) is 5.73 Å². The molecule has 3 nitrogen and oxygen atoms in total. The Labute approximate surface area is 85.7 Å². The van der Waals surface area contributed by atoms with Crippen LogP contribution in [-0.2, 0) is 0 Å². The summed E-state index contributed by atoms with van der Waals surface area (Å²) in [5, 5.41) is 0.655. The topological polar surface area (TPSA) is 58.9 Å². The summed E-state index contributed by atoms with van der Waals surface area (Å²) in [5.41, 5.74) is 5.99. The van der Waals surface area contributed by atoms with Crippen LogP contribution in [-0.4, -0.2) is 4.98 Å². The van der Waals surface area contributed by atoms with Crippen molar-refractivity contribution in [3.63, 3.8) is 0 Å². The molecule has 0 saturated heterocycles. The van der Waals surface area contributed by atoms with Gasteiger partial charge in [0, 0.05) is 17.0 Å². The average Bonchev–Trinajstić information content (AvgIpc) is 2.18. The summed E-state index contributed by atoms with van der Waals surface area (Å²) in [4.78, 5) is 14.0. The smallest absolute Gasteiger partial charge is 0.253 e. The summed E-state index contributed by atoms with van der Waals surface area (Å²) in [7, 11) is 0. The average molecular weight is 206 g/mol. The fourth-order valence-electron chi connectivity index (χ4n) is 1.55. The van der Waals surface area contributed by atoms with Gasteiger partial charge in [0.1, 0.15) is 5.82 Å². The van der Waals surface area contributed by atoms with Gasteiger partial charge in [0.05, 0.1) is 5.52 Å². The second-order valence-corrected chi connectivity index (χ2v) is 3.55. The van der Waals surface area contributed by atoms with Crippen molar-refractivity contribution in [2.45, 2.75) is 13.0 Å². The molecule has 1 heterocycles. The molecule has 78 valence electrons. The molecule has 0 amide bonds. The molecule has 1 aromatic heterocycles. The molecule has 0 aliphatic carbocycles. The predicted molar refractivity (Wildman–Crippen MR) is 57.1 cm³/mol. The van der Waals surface area contributed by atoms with E-state index >= 15 is 0 Å². The van der Waals surface area contributed by atoms with E-state index in [-0.39, 0.29) is 17.1 Å². The maximum atomic E-state index is 13.3. The Bertz CT molecular complexity index is 560. The van der Waals surface area contributed by atoms with Crippen molar-refractivity contribution in [1.82, 2.24) is 4.98 Å². The number of hydrogen-bond acceptors (Lipinski definition) is 2. The molecule has 3 N–H and O–H groups in total. The largest absolute Gasteiger partial charge is 0.324 e. The van der Waals surface area contributed by atoms with Crippen molar-refractivity contribution in [3.8, 4) is 0 Å². The highest BCUT2D eigenvalue weighted by atomic mass is 19.1. The Morgan fingerprint density at radius 3 is 2.87 bits per heavy atom. The van der Waals surface area contributed by atoms with Crippen molar-refractivity contribution >= 4 is 10.9 Å². The van der Waals surface area contributed by atoms with Gasteiger partial charge in [-0.3, -0.25) is 4.79 Å². The molecule has 0 spiro atoms. The number of benzene rings is 1. The number of pyridine rings is 1.